The molecule has 0 N–H and O–H groups in total. The van der Waals surface area contributed by atoms with Crippen molar-refractivity contribution in [3.63, 3.8) is 0 Å². The monoisotopic (exact) mass is 553 g/mol. The number of methoxy groups -OCH3 is 1. The number of β-lactam (4-membered cyclic amide) rings is 1. The molecular weight excluding hydrogens is 526 g/mol. The van der Waals surface area contributed by atoms with Crippen LogP contribution in [0.1, 0.15) is 30.1 Å². The van der Waals surface area contributed by atoms with Crippen molar-refractivity contribution >= 4 is 35.2 Å². The van der Waals surface area contributed by atoms with Crippen molar-refractivity contribution in [2.24, 2.45) is 0 Å². The highest BCUT2D eigenvalue weighted by atomic mass is 32.2. The number of amides is 2. The minimum atomic E-state index is -1.54. The van der Waals surface area contributed by atoms with Gasteiger partial charge in [0.15, 0.2) is 11.6 Å². The number of hydrogen-bond acceptors (Lipinski definition) is 7. The Balaban J connectivity index is 1.37. The van der Waals surface area contributed by atoms with Crippen LogP contribution in [0.15, 0.2) is 102 Å². The smallest absolute Gasteiger partial charge is 0.341 e. The second kappa shape index (κ2) is 10.7. The maximum Gasteiger partial charge on any atom is 0.341 e. The van der Waals surface area contributed by atoms with Crippen molar-refractivity contribution in [2.75, 3.05) is 18.6 Å². The number of fused-ring (bicyclic) bond motifs is 1. The molecule has 2 atom stereocenters. The number of esters is 1. The molecule has 202 valence electrons. The lowest BCUT2D eigenvalue weighted by atomic mass is 9.89. The quantitative estimate of drug-likeness (QED) is 0.239. The van der Waals surface area contributed by atoms with Gasteiger partial charge < -0.3 is 19.3 Å². The van der Waals surface area contributed by atoms with Crippen molar-refractivity contribution in [3.05, 3.63) is 113 Å². The molecule has 6 rings (SSSR count). The molecule has 4 heterocycles. The Bertz CT molecular complexity index is 1450. The first-order valence-electron chi connectivity index (χ1n) is 13.0. The summed E-state index contributed by atoms with van der Waals surface area (Å²) in [5, 5.41) is 1.63. The third kappa shape index (κ3) is 4.56. The van der Waals surface area contributed by atoms with Gasteiger partial charge in [-0.05, 0) is 41.2 Å². The number of carbonyl (C=O) groups excluding carboxylic acids is 3. The maximum atomic E-state index is 14.3. The molecule has 8 nitrogen and oxygen atoms in total. The summed E-state index contributed by atoms with van der Waals surface area (Å²) in [5.41, 5.74) is 1.15. The molecule has 0 spiro atoms. The van der Waals surface area contributed by atoms with E-state index in [1.165, 1.54) is 18.9 Å². The molecule has 2 aromatic carbocycles. The summed E-state index contributed by atoms with van der Waals surface area (Å²) in [7, 11) is 1.53. The van der Waals surface area contributed by atoms with Crippen LogP contribution in [-0.2, 0) is 19.1 Å². The summed E-state index contributed by atoms with van der Waals surface area (Å²) >= 11 is 1.48. The molecule has 0 aliphatic carbocycles. The van der Waals surface area contributed by atoms with Crippen LogP contribution < -0.4 is 9.64 Å². The largest absolute Gasteiger partial charge is 0.481 e. The molecule has 3 aliphatic heterocycles. The Morgan fingerprint density at radius 2 is 1.75 bits per heavy atom. The van der Waals surface area contributed by atoms with Gasteiger partial charge in [-0.2, -0.15) is 0 Å². The van der Waals surface area contributed by atoms with Crippen LogP contribution in [0.5, 0.6) is 5.88 Å². The number of hydrogen-bond donors (Lipinski definition) is 0. The number of pyridine rings is 1. The Kier molecular flexibility index (Phi) is 6.89. The predicted molar refractivity (Wildman–Crippen MR) is 151 cm³/mol. The van der Waals surface area contributed by atoms with Crippen molar-refractivity contribution < 1.29 is 23.9 Å². The summed E-state index contributed by atoms with van der Waals surface area (Å²) in [5.74, 6) is -0.553. The van der Waals surface area contributed by atoms with E-state index in [2.05, 4.69) is 4.98 Å². The van der Waals surface area contributed by atoms with Gasteiger partial charge in [-0.25, -0.2) is 9.78 Å². The van der Waals surface area contributed by atoms with Gasteiger partial charge in [0.25, 0.3) is 5.91 Å². The first kappa shape index (κ1) is 25.9. The van der Waals surface area contributed by atoms with Crippen molar-refractivity contribution in [2.45, 2.75) is 29.9 Å². The standard InChI is InChI=1S/C31H27N3O5S/c1-38-25-13-12-24(20-32-25)33-16-14-23(29(33)36)19-31(15-17-40-27-18-26(35)34(27)31)30(37)39-28(21-8-4-2-5-9-21)22-10-6-3-7-11-22/h2-13,15,17,19-20,27-28H,14,16,18H2,1H3/b23-19+. The molecule has 0 saturated carbocycles. The van der Waals surface area contributed by atoms with Crippen molar-refractivity contribution in [3.8, 4) is 5.88 Å². The third-order valence-corrected chi connectivity index (χ3v) is 8.36. The van der Waals surface area contributed by atoms with Crippen LogP contribution in [0.2, 0.25) is 0 Å². The summed E-state index contributed by atoms with van der Waals surface area (Å²) in [6.45, 7) is 0.427. The van der Waals surface area contributed by atoms with E-state index in [0.29, 0.717) is 36.5 Å². The molecule has 3 aliphatic rings. The summed E-state index contributed by atoms with van der Waals surface area (Å²) in [4.78, 5) is 48.1. The maximum absolute atomic E-state index is 14.3. The molecule has 40 heavy (non-hydrogen) atoms. The number of benzene rings is 2. The van der Waals surface area contributed by atoms with Crippen LogP contribution >= 0.6 is 11.8 Å². The molecular formula is C31H27N3O5S. The van der Waals surface area contributed by atoms with E-state index in [1.54, 1.807) is 40.3 Å². The highest BCUT2D eigenvalue weighted by molar-refractivity contribution is 8.02. The number of nitrogens with zero attached hydrogens (tertiary/aromatic N) is 3. The van der Waals surface area contributed by atoms with Crippen LogP contribution in [0.4, 0.5) is 5.69 Å². The van der Waals surface area contributed by atoms with E-state index < -0.39 is 17.6 Å². The average molecular weight is 554 g/mol. The SMILES string of the molecule is COc1ccc(N2CC/C(=C\C3(C(=O)OC(c4ccccc4)c4ccccc4)C=CSC4CC(=O)N43)C2=O)cn1. The molecule has 2 fully saturated rings. The molecule has 3 aromatic rings. The number of aromatic nitrogens is 1. The van der Waals surface area contributed by atoms with Crippen LogP contribution in [0.3, 0.4) is 0 Å². The lowest BCUT2D eigenvalue weighted by Gasteiger charge is -2.51. The number of rotatable bonds is 7. The number of carbonyl (C=O) groups is 3. The van der Waals surface area contributed by atoms with E-state index in [4.69, 9.17) is 9.47 Å². The molecule has 2 amide bonds. The fraction of sp³-hybridized carbons (Fsp3) is 0.226. The van der Waals surface area contributed by atoms with E-state index in [0.717, 1.165) is 11.1 Å². The lowest BCUT2D eigenvalue weighted by molar-refractivity contribution is -0.167. The van der Waals surface area contributed by atoms with Gasteiger partial charge >= 0.3 is 5.97 Å². The Labute approximate surface area is 236 Å². The Morgan fingerprint density at radius 1 is 1.05 bits per heavy atom. The third-order valence-electron chi connectivity index (χ3n) is 7.38. The van der Waals surface area contributed by atoms with Gasteiger partial charge in [-0.3, -0.25) is 9.59 Å². The summed E-state index contributed by atoms with van der Waals surface area (Å²) < 4.78 is 11.4. The van der Waals surface area contributed by atoms with Gasteiger partial charge in [-0.15, -0.1) is 11.8 Å². The fourth-order valence-electron chi connectivity index (χ4n) is 5.30. The minimum Gasteiger partial charge on any atom is -0.481 e. The van der Waals surface area contributed by atoms with Crippen LogP contribution in [-0.4, -0.2) is 52.2 Å². The van der Waals surface area contributed by atoms with Gasteiger partial charge in [-0.1, -0.05) is 60.7 Å². The first-order valence-corrected chi connectivity index (χ1v) is 13.9. The Hall–Kier alpha value is -4.37. The predicted octanol–water partition coefficient (Wildman–Crippen LogP) is 4.64. The summed E-state index contributed by atoms with van der Waals surface area (Å²) in [6, 6.07) is 22.5. The van der Waals surface area contributed by atoms with E-state index in [1.807, 2.05) is 66.1 Å². The normalized spacial score (nSPS) is 22.9. The van der Waals surface area contributed by atoms with Crippen molar-refractivity contribution in [1.29, 1.82) is 0 Å². The second-order valence-electron chi connectivity index (χ2n) is 9.73. The topological polar surface area (TPSA) is 89.0 Å². The number of anilines is 1. The fourth-order valence-corrected chi connectivity index (χ4v) is 6.42. The average Bonchev–Trinajstić information content (AvgIpc) is 3.35. The van der Waals surface area contributed by atoms with E-state index in [9.17, 15) is 14.4 Å². The number of ether oxygens (including phenoxy) is 2. The summed E-state index contributed by atoms with van der Waals surface area (Å²) in [6.07, 6.45) is 4.93. The Morgan fingerprint density at radius 3 is 2.35 bits per heavy atom. The first-order chi connectivity index (χ1) is 19.5. The van der Waals surface area contributed by atoms with Gasteiger partial charge in [0.2, 0.25) is 11.8 Å². The van der Waals surface area contributed by atoms with Crippen LogP contribution in [0, 0.1) is 0 Å². The van der Waals surface area contributed by atoms with Gasteiger partial charge in [0, 0.05) is 18.2 Å². The van der Waals surface area contributed by atoms with Gasteiger partial charge in [0.1, 0.15) is 0 Å². The zero-order valence-corrected chi connectivity index (χ0v) is 22.6. The highest BCUT2D eigenvalue weighted by Gasteiger charge is 2.56. The van der Waals surface area contributed by atoms with Crippen LogP contribution in [0.25, 0.3) is 0 Å². The van der Waals surface area contributed by atoms with E-state index in [-0.39, 0.29) is 17.2 Å². The van der Waals surface area contributed by atoms with Gasteiger partial charge in [0.05, 0.1) is 30.8 Å². The zero-order valence-electron chi connectivity index (χ0n) is 21.8. The highest BCUT2D eigenvalue weighted by Crippen LogP contribution is 2.45. The minimum absolute atomic E-state index is 0.159. The zero-order chi connectivity index (χ0) is 27.7. The van der Waals surface area contributed by atoms with E-state index >= 15 is 0 Å². The molecule has 2 saturated heterocycles. The second-order valence-corrected chi connectivity index (χ2v) is 10.8. The molecule has 2 unspecified atom stereocenters. The molecule has 0 bridgehead atoms. The molecule has 0 radical (unpaired) electrons. The van der Waals surface area contributed by atoms with Crippen molar-refractivity contribution in [1.82, 2.24) is 9.88 Å². The number of thioether (sulfide) groups is 1. The molecule has 9 heteroatoms. The lowest BCUT2D eigenvalue weighted by Crippen LogP contribution is -2.66. The molecule has 1 aromatic heterocycles.